The number of hydrogen-bond donors (Lipinski definition) is 1. The highest BCUT2D eigenvalue weighted by atomic mass is 16.2. The van der Waals surface area contributed by atoms with E-state index in [9.17, 15) is 4.79 Å². The highest BCUT2D eigenvalue weighted by Gasteiger charge is 2.37. The fourth-order valence-corrected chi connectivity index (χ4v) is 3.74. The summed E-state index contributed by atoms with van der Waals surface area (Å²) in [6.07, 6.45) is 6.07. The number of fused-ring (bicyclic) bond motifs is 1. The van der Waals surface area contributed by atoms with Crippen LogP contribution in [0.15, 0.2) is 24.3 Å². The van der Waals surface area contributed by atoms with Gasteiger partial charge in [0.15, 0.2) is 0 Å². The van der Waals surface area contributed by atoms with Crippen LogP contribution < -0.4 is 0 Å². The Morgan fingerprint density at radius 3 is 3.00 bits per heavy atom. The van der Waals surface area contributed by atoms with Crippen LogP contribution in [0.4, 0.5) is 0 Å². The molecule has 2 fully saturated rings. The van der Waals surface area contributed by atoms with Gasteiger partial charge in [0, 0.05) is 23.7 Å². The molecule has 1 N–H and O–H groups in total. The highest BCUT2D eigenvalue weighted by molar-refractivity contribution is 5.95. The number of aliphatic hydroxyl groups excluding tert-OH is 1. The first-order chi connectivity index (χ1) is 10.3. The quantitative estimate of drug-likeness (QED) is 0.804. The molecule has 1 saturated heterocycles. The second kappa shape index (κ2) is 6.32. The van der Waals surface area contributed by atoms with Gasteiger partial charge in [-0.3, -0.25) is 4.79 Å². The van der Waals surface area contributed by atoms with Crippen molar-refractivity contribution in [1.29, 1.82) is 0 Å². The minimum absolute atomic E-state index is 0.138. The zero-order valence-electron chi connectivity index (χ0n) is 12.2. The molecular formula is C18H21NO2. The van der Waals surface area contributed by atoms with Gasteiger partial charge in [-0.05, 0) is 49.8 Å². The summed E-state index contributed by atoms with van der Waals surface area (Å²) in [5.74, 6) is 6.34. The Balaban J connectivity index is 1.81. The van der Waals surface area contributed by atoms with Gasteiger partial charge in [0.25, 0.3) is 5.91 Å². The van der Waals surface area contributed by atoms with Crippen LogP contribution in [0.5, 0.6) is 0 Å². The Morgan fingerprint density at radius 1 is 1.29 bits per heavy atom. The van der Waals surface area contributed by atoms with E-state index in [1.807, 2.05) is 24.3 Å². The summed E-state index contributed by atoms with van der Waals surface area (Å²) in [5, 5.41) is 8.76. The van der Waals surface area contributed by atoms with Crippen LogP contribution in [0, 0.1) is 17.8 Å². The number of hydrogen-bond acceptors (Lipinski definition) is 2. The standard InChI is InChI=1S/C18H21NO2/c20-12-4-6-14-5-1-8-16(13-14)18(21)19-11-3-9-15-7-2-10-17(15)19/h1,5,8,13,15,17,20H,2-3,7,9-12H2. The molecule has 1 heterocycles. The van der Waals surface area contributed by atoms with Crippen molar-refractivity contribution in [2.75, 3.05) is 13.2 Å². The van der Waals surface area contributed by atoms with E-state index in [1.54, 1.807) is 0 Å². The van der Waals surface area contributed by atoms with Crippen LogP contribution in [0.2, 0.25) is 0 Å². The Labute approximate surface area is 126 Å². The van der Waals surface area contributed by atoms with Crippen LogP contribution in [0.1, 0.15) is 48.0 Å². The predicted octanol–water partition coefficient (Wildman–Crippen LogP) is 2.44. The van der Waals surface area contributed by atoms with Gasteiger partial charge in [0.2, 0.25) is 0 Å². The molecule has 0 spiro atoms. The number of carbonyl (C=O) groups is 1. The van der Waals surface area contributed by atoms with Gasteiger partial charge in [-0.25, -0.2) is 0 Å². The number of benzene rings is 1. The molecule has 1 saturated carbocycles. The monoisotopic (exact) mass is 283 g/mol. The molecule has 3 rings (SSSR count). The zero-order valence-corrected chi connectivity index (χ0v) is 12.2. The number of nitrogens with zero attached hydrogens (tertiary/aromatic N) is 1. The van der Waals surface area contributed by atoms with Crippen LogP contribution in [-0.2, 0) is 0 Å². The van der Waals surface area contributed by atoms with Crippen molar-refractivity contribution in [1.82, 2.24) is 4.90 Å². The Hall–Kier alpha value is -1.79. The fourth-order valence-electron chi connectivity index (χ4n) is 3.74. The lowest BCUT2D eigenvalue weighted by Gasteiger charge is -2.37. The van der Waals surface area contributed by atoms with Gasteiger partial charge in [-0.2, -0.15) is 0 Å². The average Bonchev–Trinajstić information content (AvgIpc) is 3.01. The number of amides is 1. The fraction of sp³-hybridized carbons (Fsp3) is 0.500. The van der Waals surface area contributed by atoms with Crippen molar-refractivity contribution in [3.05, 3.63) is 35.4 Å². The molecule has 110 valence electrons. The van der Waals surface area contributed by atoms with Crippen LogP contribution >= 0.6 is 0 Å². The molecule has 21 heavy (non-hydrogen) atoms. The molecule has 0 radical (unpaired) electrons. The molecular weight excluding hydrogens is 262 g/mol. The van der Waals surface area contributed by atoms with E-state index in [0.29, 0.717) is 17.5 Å². The van der Waals surface area contributed by atoms with E-state index < -0.39 is 0 Å². The van der Waals surface area contributed by atoms with Crippen molar-refractivity contribution in [3.63, 3.8) is 0 Å². The van der Waals surface area contributed by atoms with Crippen LogP contribution in [0.3, 0.4) is 0 Å². The van der Waals surface area contributed by atoms with Crippen molar-refractivity contribution >= 4 is 5.91 Å². The SMILES string of the molecule is O=C(c1cccc(C#CCO)c1)N1CCCC2CCCC21. The molecule has 1 amide bonds. The van der Waals surface area contributed by atoms with E-state index in [-0.39, 0.29) is 12.5 Å². The number of piperidine rings is 1. The van der Waals surface area contributed by atoms with Gasteiger partial charge in [0.05, 0.1) is 0 Å². The van der Waals surface area contributed by atoms with Gasteiger partial charge < -0.3 is 10.0 Å². The molecule has 3 nitrogen and oxygen atoms in total. The number of rotatable bonds is 1. The average molecular weight is 283 g/mol. The Kier molecular flexibility index (Phi) is 4.26. The second-order valence-electron chi connectivity index (χ2n) is 5.94. The first kappa shape index (κ1) is 14.2. The third-order valence-corrected chi connectivity index (χ3v) is 4.68. The number of carbonyl (C=O) groups excluding carboxylic acids is 1. The van der Waals surface area contributed by atoms with Gasteiger partial charge >= 0.3 is 0 Å². The molecule has 3 heteroatoms. The van der Waals surface area contributed by atoms with Crippen molar-refractivity contribution in [3.8, 4) is 11.8 Å². The van der Waals surface area contributed by atoms with E-state index in [2.05, 4.69) is 16.7 Å². The number of aliphatic hydroxyl groups is 1. The van der Waals surface area contributed by atoms with Gasteiger partial charge in [-0.1, -0.05) is 24.3 Å². The minimum Gasteiger partial charge on any atom is -0.384 e. The zero-order chi connectivity index (χ0) is 14.7. The molecule has 1 aromatic carbocycles. The van der Waals surface area contributed by atoms with Crippen molar-refractivity contribution in [2.24, 2.45) is 5.92 Å². The van der Waals surface area contributed by atoms with Crippen molar-refractivity contribution < 1.29 is 9.90 Å². The summed E-state index contributed by atoms with van der Waals surface area (Å²) in [4.78, 5) is 14.9. The topological polar surface area (TPSA) is 40.5 Å². The second-order valence-corrected chi connectivity index (χ2v) is 5.94. The number of likely N-dealkylation sites (tertiary alicyclic amines) is 1. The van der Waals surface area contributed by atoms with E-state index in [0.717, 1.165) is 24.9 Å². The largest absolute Gasteiger partial charge is 0.384 e. The molecule has 2 unspecified atom stereocenters. The Morgan fingerprint density at radius 2 is 2.14 bits per heavy atom. The summed E-state index contributed by atoms with van der Waals surface area (Å²) in [6.45, 7) is 0.723. The molecule has 0 aromatic heterocycles. The lowest BCUT2D eigenvalue weighted by molar-refractivity contribution is 0.0548. The maximum atomic E-state index is 12.8. The first-order valence-electron chi connectivity index (χ1n) is 7.80. The summed E-state index contributed by atoms with van der Waals surface area (Å²) in [7, 11) is 0. The lowest BCUT2D eigenvalue weighted by Crippen LogP contribution is -2.46. The molecule has 1 aromatic rings. The summed E-state index contributed by atoms with van der Waals surface area (Å²) >= 11 is 0. The van der Waals surface area contributed by atoms with Gasteiger partial charge in [0.1, 0.15) is 6.61 Å². The normalized spacial score (nSPS) is 24.1. The highest BCUT2D eigenvalue weighted by Crippen LogP contribution is 2.37. The van der Waals surface area contributed by atoms with E-state index in [1.165, 1.54) is 19.3 Å². The summed E-state index contributed by atoms with van der Waals surface area (Å²) in [6, 6.07) is 7.88. The summed E-state index contributed by atoms with van der Waals surface area (Å²) < 4.78 is 0. The smallest absolute Gasteiger partial charge is 0.254 e. The third-order valence-electron chi connectivity index (χ3n) is 4.68. The van der Waals surface area contributed by atoms with E-state index in [4.69, 9.17) is 5.11 Å². The predicted molar refractivity (Wildman–Crippen MR) is 81.8 cm³/mol. The first-order valence-corrected chi connectivity index (χ1v) is 7.80. The summed E-state index contributed by atoms with van der Waals surface area (Å²) in [5.41, 5.74) is 1.50. The maximum Gasteiger partial charge on any atom is 0.254 e. The van der Waals surface area contributed by atoms with E-state index >= 15 is 0 Å². The molecule has 2 atom stereocenters. The maximum absolute atomic E-state index is 12.8. The lowest BCUT2D eigenvalue weighted by atomic mass is 9.91. The third kappa shape index (κ3) is 2.96. The molecule has 0 bridgehead atoms. The molecule has 1 aliphatic heterocycles. The minimum atomic E-state index is -0.159. The molecule has 2 aliphatic rings. The molecule has 1 aliphatic carbocycles. The van der Waals surface area contributed by atoms with Crippen molar-refractivity contribution in [2.45, 2.75) is 38.1 Å². The van der Waals surface area contributed by atoms with Crippen LogP contribution in [0.25, 0.3) is 0 Å². The van der Waals surface area contributed by atoms with Gasteiger partial charge in [-0.15, -0.1) is 0 Å². The van der Waals surface area contributed by atoms with Crippen LogP contribution in [-0.4, -0.2) is 35.1 Å². The Bertz CT molecular complexity index is 584.